The number of benzene rings is 2. The third kappa shape index (κ3) is 4.84. The summed E-state index contributed by atoms with van der Waals surface area (Å²) in [4.78, 5) is 2.38. The molecule has 4 rings (SSSR count). The zero-order chi connectivity index (χ0) is 23.4. The number of aromatic hydroxyl groups is 1. The Morgan fingerprint density at radius 1 is 1.03 bits per heavy atom. The second-order valence-corrected chi connectivity index (χ2v) is 8.64. The molecule has 7 heteroatoms. The summed E-state index contributed by atoms with van der Waals surface area (Å²) in [7, 11) is 3.23. The van der Waals surface area contributed by atoms with Gasteiger partial charge in [0.2, 0.25) is 5.75 Å². The Balaban J connectivity index is 1.68. The fourth-order valence-electron chi connectivity index (χ4n) is 4.92. The molecule has 7 nitrogen and oxygen atoms in total. The largest absolute Gasteiger partial charge is 0.508 e. The van der Waals surface area contributed by atoms with E-state index in [2.05, 4.69) is 4.90 Å². The lowest BCUT2D eigenvalue weighted by Gasteiger charge is -2.31. The molecule has 0 amide bonds. The van der Waals surface area contributed by atoms with Crippen molar-refractivity contribution in [2.75, 3.05) is 33.9 Å². The Hall–Kier alpha value is -2.64. The zero-order valence-corrected chi connectivity index (χ0v) is 19.8. The van der Waals surface area contributed by atoms with Crippen LogP contribution in [0.1, 0.15) is 55.4 Å². The molecule has 180 valence electrons. The number of phenols is 1. The van der Waals surface area contributed by atoms with Gasteiger partial charge in [-0.15, -0.1) is 0 Å². The summed E-state index contributed by atoms with van der Waals surface area (Å²) in [5.74, 6) is 2.50. The molecule has 0 aliphatic carbocycles. The number of rotatable bonds is 9. The maximum atomic E-state index is 11.3. The molecule has 1 fully saturated rings. The van der Waals surface area contributed by atoms with E-state index < -0.39 is 6.10 Å². The third-order valence-electron chi connectivity index (χ3n) is 6.55. The standard InChI is InChI=1S/C26H35NO6/c1-4-32-25-22(20(29)13-10-17-8-11-18(28)12-9-17)23(30-2)19-16-21(27-14-6-5-7-15-27)33-24(19)26(25)31-3/h8-9,11-12,20-21,28-29H,4-7,10,13-16H2,1-3H3. The number of hydrogen-bond acceptors (Lipinski definition) is 7. The van der Waals surface area contributed by atoms with Crippen LogP contribution >= 0.6 is 0 Å². The topological polar surface area (TPSA) is 80.6 Å². The quantitative estimate of drug-likeness (QED) is 0.583. The van der Waals surface area contributed by atoms with Gasteiger partial charge in [0.15, 0.2) is 17.7 Å². The number of nitrogens with zero attached hydrogens (tertiary/aromatic N) is 1. The van der Waals surface area contributed by atoms with E-state index in [0.717, 1.165) is 24.2 Å². The lowest BCUT2D eigenvalue weighted by atomic mass is 9.95. The average molecular weight is 458 g/mol. The fourth-order valence-corrected chi connectivity index (χ4v) is 4.92. The SMILES string of the molecule is CCOc1c(OC)c2c(c(OC)c1C(O)CCc1ccc(O)cc1)CC(N1CCCCC1)O2. The summed E-state index contributed by atoms with van der Waals surface area (Å²) < 4.78 is 24.1. The predicted molar refractivity (Wildman–Crippen MR) is 126 cm³/mol. The van der Waals surface area contributed by atoms with Crippen LogP contribution in [-0.4, -0.2) is 55.3 Å². The van der Waals surface area contributed by atoms with Crippen molar-refractivity contribution in [2.45, 2.75) is 57.8 Å². The highest BCUT2D eigenvalue weighted by Crippen LogP contribution is 2.55. The second-order valence-electron chi connectivity index (χ2n) is 8.64. The van der Waals surface area contributed by atoms with Gasteiger partial charge in [-0.25, -0.2) is 0 Å². The average Bonchev–Trinajstić information content (AvgIpc) is 3.28. The highest BCUT2D eigenvalue weighted by molar-refractivity contribution is 5.68. The van der Waals surface area contributed by atoms with Crippen molar-refractivity contribution < 1.29 is 29.2 Å². The van der Waals surface area contributed by atoms with Crippen molar-refractivity contribution >= 4 is 0 Å². The van der Waals surface area contributed by atoms with Crippen molar-refractivity contribution in [3.63, 3.8) is 0 Å². The summed E-state index contributed by atoms with van der Waals surface area (Å²) in [6.07, 6.45) is 4.52. The van der Waals surface area contributed by atoms with E-state index in [9.17, 15) is 10.2 Å². The molecule has 33 heavy (non-hydrogen) atoms. The number of likely N-dealkylation sites (tertiary alicyclic amines) is 1. The van der Waals surface area contributed by atoms with Crippen LogP contribution in [-0.2, 0) is 12.8 Å². The predicted octanol–water partition coefficient (Wildman–Crippen LogP) is 4.22. The number of aliphatic hydroxyl groups excluding tert-OH is 1. The van der Waals surface area contributed by atoms with Crippen LogP contribution in [0, 0.1) is 0 Å². The molecule has 0 aromatic heterocycles. The van der Waals surface area contributed by atoms with Crippen LogP contribution in [0.4, 0.5) is 0 Å². The first kappa shape index (κ1) is 23.5. The molecule has 0 saturated carbocycles. The molecule has 0 bridgehead atoms. The van der Waals surface area contributed by atoms with Crippen molar-refractivity contribution in [3.05, 3.63) is 41.0 Å². The van der Waals surface area contributed by atoms with Gasteiger partial charge in [0.1, 0.15) is 11.5 Å². The van der Waals surface area contributed by atoms with Gasteiger partial charge in [-0.3, -0.25) is 4.90 Å². The first-order valence-electron chi connectivity index (χ1n) is 11.9. The zero-order valence-electron chi connectivity index (χ0n) is 19.8. The fraction of sp³-hybridized carbons (Fsp3) is 0.538. The van der Waals surface area contributed by atoms with Crippen LogP contribution in [0.25, 0.3) is 0 Å². The number of ether oxygens (including phenoxy) is 4. The molecule has 2 N–H and O–H groups in total. The van der Waals surface area contributed by atoms with Crippen LogP contribution in [0.5, 0.6) is 28.7 Å². The van der Waals surface area contributed by atoms with Gasteiger partial charge >= 0.3 is 0 Å². The normalized spacial score (nSPS) is 19.0. The molecule has 1 saturated heterocycles. The Bertz CT molecular complexity index is 939. The number of hydrogen-bond donors (Lipinski definition) is 2. The molecule has 2 atom stereocenters. The molecule has 2 unspecified atom stereocenters. The molecule has 2 aliphatic rings. The van der Waals surface area contributed by atoms with Crippen LogP contribution < -0.4 is 18.9 Å². The van der Waals surface area contributed by atoms with Crippen molar-refractivity contribution in [1.82, 2.24) is 4.90 Å². The molecule has 2 heterocycles. The molecule has 2 aliphatic heterocycles. The van der Waals surface area contributed by atoms with E-state index >= 15 is 0 Å². The highest BCUT2D eigenvalue weighted by Gasteiger charge is 2.39. The number of methoxy groups -OCH3 is 2. The Morgan fingerprint density at radius 2 is 1.73 bits per heavy atom. The minimum absolute atomic E-state index is 0.0676. The summed E-state index contributed by atoms with van der Waals surface area (Å²) in [5.41, 5.74) is 2.56. The van der Waals surface area contributed by atoms with Gasteiger partial charge in [0.25, 0.3) is 0 Å². The summed E-state index contributed by atoms with van der Waals surface area (Å²) in [5, 5.41) is 20.8. The molecular weight excluding hydrogens is 422 g/mol. The summed E-state index contributed by atoms with van der Waals surface area (Å²) in [6.45, 7) is 4.36. The van der Waals surface area contributed by atoms with Crippen LogP contribution in [0.15, 0.2) is 24.3 Å². The molecular formula is C26H35NO6. The van der Waals surface area contributed by atoms with E-state index in [1.165, 1.54) is 19.3 Å². The smallest absolute Gasteiger partial charge is 0.204 e. The van der Waals surface area contributed by atoms with Crippen molar-refractivity contribution in [2.24, 2.45) is 0 Å². The molecule has 2 aromatic rings. The first-order valence-corrected chi connectivity index (χ1v) is 11.9. The first-order chi connectivity index (χ1) is 16.1. The minimum Gasteiger partial charge on any atom is -0.508 e. The molecule has 0 radical (unpaired) electrons. The lowest BCUT2D eigenvalue weighted by molar-refractivity contribution is 0.0272. The van der Waals surface area contributed by atoms with E-state index in [1.54, 1.807) is 26.4 Å². The van der Waals surface area contributed by atoms with E-state index in [4.69, 9.17) is 18.9 Å². The second kappa shape index (κ2) is 10.5. The minimum atomic E-state index is -0.816. The Kier molecular flexibility index (Phi) is 7.50. The number of piperidine rings is 1. The summed E-state index contributed by atoms with van der Waals surface area (Å²) >= 11 is 0. The number of phenolic OH excluding ortho intramolecular Hbond substituents is 1. The third-order valence-corrected chi connectivity index (χ3v) is 6.55. The van der Waals surface area contributed by atoms with Gasteiger partial charge in [-0.1, -0.05) is 18.6 Å². The highest BCUT2D eigenvalue weighted by atomic mass is 16.6. The summed E-state index contributed by atoms with van der Waals surface area (Å²) in [6, 6.07) is 7.04. The van der Waals surface area contributed by atoms with Gasteiger partial charge < -0.3 is 29.2 Å². The number of fused-ring (bicyclic) bond motifs is 1. The maximum Gasteiger partial charge on any atom is 0.204 e. The Labute approximate surface area is 195 Å². The van der Waals surface area contributed by atoms with Crippen molar-refractivity contribution in [1.29, 1.82) is 0 Å². The van der Waals surface area contributed by atoms with E-state index in [1.807, 2.05) is 19.1 Å². The van der Waals surface area contributed by atoms with E-state index in [-0.39, 0.29) is 12.0 Å². The van der Waals surface area contributed by atoms with Crippen LogP contribution in [0.2, 0.25) is 0 Å². The van der Waals surface area contributed by atoms with Gasteiger partial charge in [-0.05, 0) is 50.3 Å². The monoisotopic (exact) mass is 457 g/mol. The number of aryl methyl sites for hydroxylation is 1. The molecule has 0 spiro atoms. The van der Waals surface area contributed by atoms with Gasteiger partial charge in [-0.2, -0.15) is 0 Å². The van der Waals surface area contributed by atoms with Gasteiger partial charge in [0.05, 0.1) is 32.5 Å². The lowest BCUT2D eigenvalue weighted by Crippen LogP contribution is -2.41. The van der Waals surface area contributed by atoms with Crippen molar-refractivity contribution in [3.8, 4) is 28.7 Å². The van der Waals surface area contributed by atoms with Crippen LogP contribution in [0.3, 0.4) is 0 Å². The maximum absolute atomic E-state index is 11.3. The number of aliphatic hydroxyl groups is 1. The van der Waals surface area contributed by atoms with Gasteiger partial charge in [0, 0.05) is 25.1 Å². The van der Waals surface area contributed by atoms with E-state index in [0.29, 0.717) is 54.4 Å². The molecule has 2 aromatic carbocycles. The Morgan fingerprint density at radius 3 is 2.36 bits per heavy atom.